The van der Waals surface area contributed by atoms with Gasteiger partial charge in [-0.05, 0) is 30.2 Å². The van der Waals surface area contributed by atoms with Crippen LogP contribution in [0.3, 0.4) is 0 Å². The number of nitrogens with one attached hydrogen (secondary N) is 1. The Balaban J connectivity index is 1.55. The Bertz CT molecular complexity index is 1570. The number of dihydropyridines is 1. The molecule has 8 nitrogen and oxygen atoms in total. The molecule has 10 heteroatoms. The van der Waals surface area contributed by atoms with E-state index >= 15 is 0 Å². The van der Waals surface area contributed by atoms with Crippen LogP contribution >= 0.6 is 23.2 Å². The number of allylic oxidation sites excluding steroid dienone is 2. The predicted molar refractivity (Wildman–Crippen MR) is 142 cm³/mol. The van der Waals surface area contributed by atoms with Crippen LogP contribution in [-0.2, 0) is 16.1 Å². The molecular weight excluding hydrogens is 531 g/mol. The highest BCUT2D eigenvalue weighted by Crippen LogP contribution is 2.48. The number of hydrogen-bond donors (Lipinski definition) is 1. The number of nitro groups is 1. The number of nitro benzene ring substituents is 1. The maximum absolute atomic E-state index is 13.5. The molecule has 5 rings (SSSR count). The number of fused-ring (bicyclic) bond motifs is 2. The van der Waals surface area contributed by atoms with Crippen LogP contribution in [0, 0.1) is 10.1 Å². The van der Waals surface area contributed by atoms with E-state index in [-0.39, 0.29) is 39.4 Å². The molecule has 0 radical (unpaired) electrons. The summed E-state index contributed by atoms with van der Waals surface area (Å²) in [5, 5.41) is 14.6. The van der Waals surface area contributed by atoms with Gasteiger partial charge in [-0.25, -0.2) is 4.79 Å². The largest absolute Gasteiger partial charge is 0.486 e. The zero-order chi connectivity index (χ0) is 27.1. The number of carbonyl (C=O) groups is 2. The molecular formula is C28H20Cl2N2O6. The number of carbonyl (C=O) groups excluding carboxylic acids is 2. The van der Waals surface area contributed by atoms with E-state index in [0.717, 1.165) is 5.56 Å². The molecule has 0 bridgehead atoms. The van der Waals surface area contributed by atoms with Crippen molar-refractivity contribution in [2.24, 2.45) is 0 Å². The Morgan fingerprint density at radius 1 is 1.05 bits per heavy atom. The zero-order valence-electron chi connectivity index (χ0n) is 20.2. The van der Waals surface area contributed by atoms with Gasteiger partial charge in [0, 0.05) is 40.4 Å². The van der Waals surface area contributed by atoms with Gasteiger partial charge >= 0.3 is 5.97 Å². The van der Waals surface area contributed by atoms with E-state index in [4.69, 9.17) is 32.7 Å². The van der Waals surface area contributed by atoms with E-state index in [0.29, 0.717) is 33.7 Å². The second-order valence-electron chi connectivity index (χ2n) is 8.78. The van der Waals surface area contributed by atoms with Crippen molar-refractivity contribution < 1.29 is 24.0 Å². The number of halogens is 2. The molecule has 0 amide bonds. The highest BCUT2D eigenvalue weighted by molar-refractivity contribution is 6.37. The number of methoxy groups -OCH3 is 1. The molecule has 2 aliphatic rings. The average molecular weight is 551 g/mol. The second-order valence-corrected chi connectivity index (χ2v) is 9.60. The third kappa shape index (κ3) is 4.31. The molecule has 3 aromatic rings. The molecule has 192 valence electrons. The van der Waals surface area contributed by atoms with Crippen LogP contribution in [-0.4, -0.2) is 23.8 Å². The van der Waals surface area contributed by atoms with Crippen molar-refractivity contribution in [1.29, 1.82) is 0 Å². The fourth-order valence-electron chi connectivity index (χ4n) is 4.84. The number of esters is 1. The van der Waals surface area contributed by atoms with Gasteiger partial charge in [-0.3, -0.25) is 14.9 Å². The monoisotopic (exact) mass is 550 g/mol. The van der Waals surface area contributed by atoms with Gasteiger partial charge in [-0.15, -0.1) is 0 Å². The van der Waals surface area contributed by atoms with Crippen LogP contribution in [0.4, 0.5) is 5.69 Å². The van der Waals surface area contributed by atoms with Crippen LogP contribution in [0.1, 0.15) is 39.9 Å². The summed E-state index contributed by atoms with van der Waals surface area (Å²) in [6, 6.07) is 16.5. The number of nitrogens with zero attached hydrogens (tertiary/aromatic N) is 1. The van der Waals surface area contributed by atoms with Crippen molar-refractivity contribution in [3.05, 3.63) is 120 Å². The third-order valence-electron chi connectivity index (χ3n) is 6.51. The van der Waals surface area contributed by atoms with Gasteiger partial charge in [0.15, 0.2) is 11.5 Å². The standard InChI is InChI=1S/C28H20Cl2N2O6/c1-14-22(28(34)37-2)23(24-25(31-14)18-8-3-4-9-19(18)26(24)33)16-11-20(29)27(21(30)12-16)38-13-15-6-5-7-17(10-15)32(35)36/h3-12,23,31H,13H2,1-2H3/t23-/m1/s1. The SMILES string of the molecule is COC(=O)C1=C(C)NC2=C(C(=O)c3ccccc32)[C@@H]1c1cc(Cl)c(OCc2cccc([N+](=O)[O-])c2)c(Cl)c1. The summed E-state index contributed by atoms with van der Waals surface area (Å²) < 4.78 is 10.9. The first-order valence-electron chi connectivity index (χ1n) is 11.5. The number of non-ortho nitro benzene ring substituents is 1. The lowest BCUT2D eigenvalue weighted by Gasteiger charge is -2.29. The minimum Gasteiger partial charge on any atom is -0.486 e. The Hall–Kier alpha value is -4.14. The average Bonchev–Trinajstić information content (AvgIpc) is 3.18. The maximum Gasteiger partial charge on any atom is 0.336 e. The van der Waals surface area contributed by atoms with Crippen LogP contribution in [0.25, 0.3) is 5.70 Å². The lowest BCUT2D eigenvalue weighted by Crippen LogP contribution is -2.29. The van der Waals surface area contributed by atoms with Gasteiger partial charge in [-0.2, -0.15) is 0 Å². The maximum atomic E-state index is 13.5. The van der Waals surface area contributed by atoms with E-state index < -0.39 is 16.8 Å². The van der Waals surface area contributed by atoms with E-state index in [1.54, 1.807) is 43.3 Å². The first kappa shape index (κ1) is 25.5. The molecule has 1 aliphatic heterocycles. The first-order chi connectivity index (χ1) is 18.2. The third-order valence-corrected chi connectivity index (χ3v) is 7.07. The second kappa shape index (κ2) is 9.96. The number of ketones is 1. The molecule has 0 fully saturated rings. The summed E-state index contributed by atoms with van der Waals surface area (Å²) in [5.41, 5.74) is 4.12. The number of rotatable bonds is 6. The van der Waals surface area contributed by atoms with Crippen molar-refractivity contribution in [3.63, 3.8) is 0 Å². The number of Topliss-reactive ketones (excluding diaryl/α,β-unsaturated/α-hetero) is 1. The quantitative estimate of drug-likeness (QED) is 0.220. The molecule has 1 N–H and O–H groups in total. The summed E-state index contributed by atoms with van der Waals surface area (Å²) in [6.07, 6.45) is 0. The van der Waals surface area contributed by atoms with E-state index in [1.165, 1.54) is 19.2 Å². The lowest BCUT2D eigenvalue weighted by atomic mass is 9.80. The summed E-state index contributed by atoms with van der Waals surface area (Å²) in [7, 11) is 1.28. The van der Waals surface area contributed by atoms with Crippen molar-refractivity contribution in [1.82, 2.24) is 5.32 Å². The van der Waals surface area contributed by atoms with Gasteiger partial charge in [-0.1, -0.05) is 59.6 Å². The summed E-state index contributed by atoms with van der Waals surface area (Å²) in [6.45, 7) is 1.73. The summed E-state index contributed by atoms with van der Waals surface area (Å²) in [5.74, 6) is -1.42. The summed E-state index contributed by atoms with van der Waals surface area (Å²) in [4.78, 5) is 37.0. The Kier molecular flexibility index (Phi) is 6.69. The van der Waals surface area contributed by atoms with Crippen molar-refractivity contribution >= 4 is 46.3 Å². The van der Waals surface area contributed by atoms with Crippen molar-refractivity contribution in [3.8, 4) is 5.75 Å². The van der Waals surface area contributed by atoms with E-state index in [2.05, 4.69) is 5.32 Å². The fraction of sp³-hybridized carbons (Fsp3) is 0.143. The van der Waals surface area contributed by atoms with Gasteiger partial charge in [0.2, 0.25) is 0 Å². The van der Waals surface area contributed by atoms with Gasteiger partial charge in [0.25, 0.3) is 5.69 Å². The number of ether oxygens (including phenoxy) is 2. The minimum absolute atomic E-state index is 0.0106. The normalized spacial score (nSPS) is 16.1. The van der Waals surface area contributed by atoms with Crippen LogP contribution < -0.4 is 10.1 Å². The summed E-state index contributed by atoms with van der Waals surface area (Å²) >= 11 is 13.2. The van der Waals surface area contributed by atoms with Crippen LogP contribution in [0.2, 0.25) is 10.0 Å². The highest BCUT2D eigenvalue weighted by Gasteiger charge is 2.43. The molecule has 38 heavy (non-hydrogen) atoms. The minimum atomic E-state index is -0.792. The fourth-order valence-corrected chi connectivity index (χ4v) is 5.46. The highest BCUT2D eigenvalue weighted by atomic mass is 35.5. The molecule has 0 spiro atoms. The molecule has 0 unspecified atom stereocenters. The smallest absolute Gasteiger partial charge is 0.336 e. The molecule has 1 atom stereocenters. The molecule has 1 aliphatic carbocycles. The van der Waals surface area contributed by atoms with Crippen LogP contribution in [0.15, 0.2) is 77.5 Å². The Labute approximate surface area is 227 Å². The van der Waals surface area contributed by atoms with Gasteiger partial charge < -0.3 is 14.8 Å². The van der Waals surface area contributed by atoms with Gasteiger partial charge in [0.1, 0.15) is 6.61 Å². The molecule has 3 aromatic carbocycles. The number of benzene rings is 3. The molecule has 1 heterocycles. The first-order valence-corrected chi connectivity index (χ1v) is 12.3. The molecule has 0 aromatic heterocycles. The Morgan fingerprint density at radius 2 is 1.74 bits per heavy atom. The van der Waals surface area contributed by atoms with Crippen LogP contribution in [0.5, 0.6) is 5.75 Å². The van der Waals surface area contributed by atoms with Crippen molar-refractivity contribution in [2.45, 2.75) is 19.4 Å². The van der Waals surface area contributed by atoms with E-state index in [9.17, 15) is 19.7 Å². The van der Waals surface area contributed by atoms with Gasteiger partial charge in [0.05, 0.1) is 33.3 Å². The Morgan fingerprint density at radius 3 is 2.39 bits per heavy atom. The van der Waals surface area contributed by atoms with Crippen molar-refractivity contribution in [2.75, 3.05) is 7.11 Å². The zero-order valence-corrected chi connectivity index (χ0v) is 21.7. The topological polar surface area (TPSA) is 108 Å². The predicted octanol–water partition coefficient (Wildman–Crippen LogP) is 6.22. The van der Waals surface area contributed by atoms with E-state index in [1.807, 2.05) is 12.1 Å². The lowest BCUT2D eigenvalue weighted by molar-refractivity contribution is -0.384. The molecule has 0 saturated carbocycles. The molecule has 0 saturated heterocycles. The number of hydrogen-bond acceptors (Lipinski definition) is 7.